The van der Waals surface area contributed by atoms with Crippen molar-refractivity contribution in [2.45, 2.75) is 19.3 Å². The number of nitrogens with one attached hydrogen (secondary N) is 2. The number of halogens is 1. The first-order valence-corrected chi connectivity index (χ1v) is 11.4. The molecule has 13 heteroatoms. The first kappa shape index (κ1) is 28.4. The van der Waals surface area contributed by atoms with Crippen LogP contribution in [0.1, 0.15) is 35.4 Å². The highest BCUT2D eigenvalue weighted by Gasteiger charge is 2.26. The maximum atomic E-state index is 15.3. The number of carboxylic acid groups (broad SMARTS) is 1. The highest BCUT2D eigenvalue weighted by molar-refractivity contribution is 5.94. The SMILES string of the molecule is CC(=O)O.COc1cc(F)c(C(Cc2ccc(C(=N)N)cc2)c2nn(-c3ncccc3O)c(=O)[nH]2)cc1OC. The molecule has 1 unspecified atom stereocenters. The molecule has 0 radical (unpaired) electrons. The van der Waals surface area contributed by atoms with Crippen LogP contribution in [0.4, 0.5) is 4.39 Å². The van der Waals surface area contributed by atoms with Gasteiger partial charge in [0.25, 0.3) is 5.97 Å². The minimum absolute atomic E-state index is 0.0580. The Labute approximate surface area is 222 Å². The van der Waals surface area contributed by atoms with Crippen molar-refractivity contribution in [1.29, 1.82) is 5.41 Å². The van der Waals surface area contributed by atoms with Crippen LogP contribution in [0, 0.1) is 11.2 Å². The number of nitrogens with zero attached hydrogens (tertiary/aromatic N) is 3. The number of amidine groups is 1. The van der Waals surface area contributed by atoms with Crippen molar-refractivity contribution in [1.82, 2.24) is 19.7 Å². The zero-order chi connectivity index (χ0) is 28.7. The lowest BCUT2D eigenvalue weighted by Gasteiger charge is -2.18. The quantitative estimate of drug-likeness (QED) is 0.166. The second-order valence-corrected chi connectivity index (χ2v) is 8.19. The summed E-state index contributed by atoms with van der Waals surface area (Å²) in [4.78, 5) is 28.4. The minimum atomic E-state index is -0.833. The van der Waals surface area contributed by atoms with Gasteiger partial charge in [0.1, 0.15) is 17.5 Å². The van der Waals surface area contributed by atoms with Crippen molar-refractivity contribution in [2.75, 3.05) is 14.2 Å². The van der Waals surface area contributed by atoms with E-state index in [0.29, 0.717) is 11.3 Å². The standard InChI is InChI=1S/C24H23FN6O4.C2H4O2/c1-34-19-11-15(17(25)12-20(19)35-2)16(10-13-5-7-14(8-6-13)21(26)27)22-29-24(33)31(30-22)23-18(32)4-3-9-28-23;1-2(3)4/h3-9,11-12,16,32H,10H2,1-2H3,(H3,26,27)(H,29,30,33);1H3,(H,3,4). The van der Waals surface area contributed by atoms with Gasteiger partial charge >= 0.3 is 5.69 Å². The number of methoxy groups -OCH3 is 2. The summed E-state index contributed by atoms with van der Waals surface area (Å²) >= 11 is 0. The number of rotatable bonds is 8. The van der Waals surface area contributed by atoms with E-state index in [1.165, 1.54) is 44.7 Å². The summed E-state index contributed by atoms with van der Waals surface area (Å²) in [5, 5.41) is 29.5. The van der Waals surface area contributed by atoms with Gasteiger partial charge in [0.15, 0.2) is 17.2 Å². The smallest absolute Gasteiger partial charge is 0.349 e. The van der Waals surface area contributed by atoms with E-state index in [-0.39, 0.29) is 41.0 Å². The third-order valence-corrected chi connectivity index (χ3v) is 5.51. The number of benzene rings is 2. The molecule has 2 aromatic carbocycles. The Kier molecular flexibility index (Phi) is 8.99. The van der Waals surface area contributed by atoms with E-state index in [1.807, 2.05) is 0 Å². The van der Waals surface area contributed by atoms with E-state index < -0.39 is 23.4 Å². The number of H-pyrrole nitrogens is 1. The number of carboxylic acids is 1. The molecule has 0 bridgehead atoms. The van der Waals surface area contributed by atoms with Gasteiger partial charge in [-0.1, -0.05) is 24.3 Å². The zero-order valence-electron chi connectivity index (χ0n) is 21.3. The predicted octanol–water partition coefficient (Wildman–Crippen LogP) is 2.57. The second kappa shape index (κ2) is 12.4. The molecule has 6 N–H and O–H groups in total. The van der Waals surface area contributed by atoms with Crippen molar-refractivity contribution in [2.24, 2.45) is 5.73 Å². The maximum absolute atomic E-state index is 15.3. The molecule has 0 saturated heterocycles. The van der Waals surface area contributed by atoms with E-state index in [4.69, 9.17) is 30.5 Å². The van der Waals surface area contributed by atoms with Gasteiger partial charge in [0, 0.05) is 30.3 Å². The Balaban J connectivity index is 0.000000983. The van der Waals surface area contributed by atoms with Crippen LogP contribution < -0.4 is 20.9 Å². The molecule has 0 aliphatic heterocycles. The molecule has 2 aromatic heterocycles. The van der Waals surface area contributed by atoms with Crippen molar-refractivity contribution in [3.05, 3.63) is 93.5 Å². The molecule has 2 heterocycles. The van der Waals surface area contributed by atoms with Crippen LogP contribution in [-0.2, 0) is 11.2 Å². The van der Waals surface area contributed by atoms with E-state index in [0.717, 1.165) is 17.2 Å². The molecule has 1 atom stereocenters. The summed E-state index contributed by atoms with van der Waals surface area (Å²) in [5.74, 6) is -1.85. The molecule has 0 spiro atoms. The summed E-state index contributed by atoms with van der Waals surface area (Å²) in [6.07, 6.45) is 1.66. The summed E-state index contributed by atoms with van der Waals surface area (Å²) < 4.78 is 26.8. The minimum Gasteiger partial charge on any atom is -0.504 e. The average molecular weight is 539 g/mol. The molecule has 0 fully saturated rings. The summed E-state index contributed by atoms with van der Waals surface area (Å²) in [6.45, 7) is 1.08. The molecule has 4 aromatic rings. The molecule has 0 aliphatic rings. The van der Waals surface area contributed by atoms with Crippen LogP contribution in [0.15, 0.2) is 59.5 Å². The number of nitrogens with two attached hydrogens (primary N) is 1. The Bertz CT molecular complexity index is 1530. The predicted molar refractivity (Wildman–Crippen MR) is 139 cm³/mol. The lowest BCUT2D eigenvalue weighted by molar-refractivity contribution is -0.134. The lowest BCUT2D eigenvalue weighted by Crippen LogP contribution is -2.17. The molecular formula is C26H27FN6O6. The van der Waals surface area contributed by atoms with Crippen LogP contribution in [0.2, 0.25) is 0 Å². The van der Waals surface area contributed by atoms with Crippen molar-refractivity contribution in [3.63, 3.8) is 0 Å². The number of aromatic amines is 1. The number of carbonyl (C=O) groups is 1. The number of aromatic hydroxyl groups is 1. The fourth-order valence-corrected chi connectivity index (χ4v) is 3.74. The van der Waals surface area contributed by atoms with E-state index in [2.05, 4.69) is 15.1 Å². The molecule has 39 heavy (non-hydrogen) atoms. The topological polar surface area (TPSA) is 189 Å². The number of aromatic nitrogens is 4. The zero-order valence-corrected chi connectivity index (χ0v) is 21.3. The van der Waals surface area contributed by atoms with Crippen LogP contribution in [0.25, 0.3) is 5.82 Å². The second-order valence-electron chi connectivity index (χ2n) is 8.19. The van der Waals surface area contributed by atoms with Gasteiger partial charge in [-0.3, -0.25) is 15.2 Å². The Morgan fingerprint density at radius 3 is 2.36 bits per heavy atom. The first-order valence-electron chi connectivity index (χ1n) is 11.4. The van der Waals surface area contributed by atoms with Crippen LogP contribution in [0.5, 0.6) is 17.2 Å². The van der Waals surface area contributed by atoms with Crippen molar-refractivity contribution in [3.8, 4) is 23.1 Å². The van der Waals surface area contributed by atoms with Crippen LogP contribution >= 0.6 is 0 Å². The largest absolute Gasteiger partial charge is 0.504 e. The summed E-state index contributed by atoms with van der Waals surface area (Å²) in [7, 11) is 2.85. The fraction of sp³-hybridized carbons (Fsp3) is 0.192. The third kappa shape index (κ3) is 6.77. The lowest BCUT2D eigenvalue weighted by atomic mass is 9.90. The van der Waals surface area contributed by atoms with Crippen LogP contribution in [0.3, 0.4) is 0 Å². The fourth-order valence-electron chi connectivity index (χ4n) is 3.74. The highest BCUT2D eigenvalue weighted by Crippen LogP contribution is 2.36. The van der Waals surface area contributed by atoms with Crippen LogP contribution in [-0.4, -0.2) is 56.0 Å². The highest BCUT2D eigenvalue weighted by atomic mass is 19.1. The monoisotopic (exact) mass is 538 g/mol. The Morgan fingerprint density at radius 2 is 1.79 bits per heavy atom. The van der Waals surface area contributed by atoms with Gasteiger partial charge in [0.2, 0.25) is 5.82 Å². The molecular weight excluding hydrogens is 511 g/mol. The van der Waals surface area contributed by atoms with Gasteiger partial charge in [-0.05, 0) is 30.2 Å². The van der Waals surface area contributed by atoms with Crippen molar-refractivity contribution >= 4 is 11.8 Å². The molecule has 12 nitrogen and oxygen atoms in total. The first-order chi connectivity index (χ1) is 18.5. The Hall–Kier alpha value is -5.20. The van der Waals surface area contributed by atoms with Gasteiger partial charge in [0.05, 0.1) is 20.1 Å². The van der Waals surface area contributed by atoms with E-state index in [1.54, 1.807) is 24.3 Å². The summed E-state index contributed by atoms with van der Waals surface area (Å²) in [5.41, 5.74) is 6.44. The number of pyridine rings is 1. The van der Waals surface area contributed by atoms with Gasteiger partial charge in [-0.25, -0.2) is 14.2 Å². The average Bonchev–Trinajstić information content (AvgIpc) is 3.28. The van der Waals surface area contributed by atoms with Crippen molar-refractivity contribution < 1.29 is 28.9 Å². The number of hydrogen-bond donors (Lipinski definition) is 5. The molecule has 0 amide bonds. The number of aliphatic carboxylic acids is 1. The Morgan fingerprint density at radius 1 is 1.18 bits per heavy atom. The van der Waals surface area contributed by atoms with Gasteiger partial charge < -0.3 is 25.4 Å². The molecule has 0 aliphatic carbocycles. The molecule has 4 rings (SSSR count). The number of hydrogen-bond acceptors (Lipinski definition) is 8. The third-order valence-electron chi connectivity index (χ3n) is 5.51. The van der Waals surface area contributed by atoms with E-state index in [9.17, 15) is 9.90 Å². The van der Waals surface area contributed by atoms with Gasteiger partial charge in [-0.15, -0.1) is 5.10 Å². The molecule has 0 saturated carbocycles. The number of nitrogen functional groups attached to an aromatic ring is 1. The normalized spacial score (nSPS) is 11.2. The van der Waals surface area contributed by atoms with E-state index >= 15 is 4.39 Å². The maximum Gasteiger partial charge on any atom is 0.349 e. The van der Waals surface area contributed by atoms with Gasteiger partial charge in [-0.2, -0.15) is 4.68 Å². The number of ether oxygens (including phenoxy) is 2. The molecule has 204 valence electrons. The summed E-state index contributed by atoms with van der Waals surface area (Å²) in [6, 6.07) is 12.5.